The molecule has 3 heteroatoms. The van der Waals surface area contributed by atoms with Crippen molar-refractivity contribution in [2.75, 3.05) is 19.7 Å². The first-order valence-electron chi connectivity index (χ1n) is 9.99. The third-order valence-corrected chi connectivity index (χ3v) is 7.88. The minimum atomic E-state index is -0.392. The van der Waals surface area contributed by atoms with Crippen molar-refractivity contribution in [3.05, 3.63) is 35.4 Å². The van der Waals surface area contributed by atoms with Crippen molar-refractivity contribution in [3.8, 4) is 0 Å². The normalized spacial score (nSPS) is 34.9. The van der Waals surface area contributed by atoms with Crippen molar-refractivity contribution in [1.82, 2.24) is 4.90 Å². The zero-order chi connectivity index (χ0) is 17.7. The lowest BCUT2D eigenvalue weighted by Crippen LogP contribution is -2.41. The first-order chi connectivity index (χ1) is 11.9. The van der Waals surface area contributed by atoms with Crippen molar-refractivity contribution in [1.29, 1.82) is 0 Å². The minimum Gasteiger partial charge on any atom is -0.389 e. The van der Waals surface area contributed by atoms with Crippen LogP contribution >= 0.6 is 0 Å². The van der Waals surface area contributed by atoms with Crippen LogP contribution in [-0.2, 0) is 17.7 Å². The molecule has 2 aliphatic carbocycles. The van der Waals surface area contributed by atoms with E-state index in [9.17, 15) is 5.11 Å². The molecule has 0 amide bonds. The van der Waals surface area contributed by atoms with Gasteiger partial charge in [0, 0.05) is 19.6 Å². The smallest absolute Gasteiger partial charge is 0.0900 e. The summed E-state index contributed by atoms with van der Waals surface area (Å²) >= 11 is 0. The van der Waals surface area contributed by atoms with E-state index in [1.807, 2.05) is 0 Å². The molecule has 1 aliphatic heterocycles. The summed E-state index contributed by atoms with van der Waals surface area (Å²) in [5, 5.41) is 10.5. The first kappa shape index (κ1) is 17.5. The molecule has 4 atom stereocenters. The predicted molar refractivity (Wildman–Crippen MR) is 100 cm³/mol. The quantitative estimate of drug-likeness (QED) is 0.886. The van der Waals surface area contributed by atoms with Crippen LogP contribution in [-0.4, -0.2) is 41.9 Å². The lowest BCUT2D eigenvalue weighted by Gasteiger charge is -2.39. The van der Waals surface area contributed by atoms with Crippen LogP contribution in [0.1, 0.15) is 51.2 Å². The van der Waals surface area contributed by atoms with Crippen LogP contribution in [0.2, 0.25) is 0 Å². The van der Waals surface area contributed by atoms with Gasteiger partial charge in [-0.05, 0) is 53.6 Å². The Kier molecular flexibility index (Phi) is 4.46. The van der Waals surface area contributed by atoms with E-state index in [0.717, 1.165) is 25.4 Å². The zero-order valence-corrected chi connectivity index (χ0v) is 16.0. The highest BCUT2D eigenvalue weighted by Gasteiger charge is 2.61. The highest BCUT2D eigenvalue weighted by atomic mass is 16.5. The fourth-order valence-corrected chi connectivity index (χ4v) is 5.67. The molecule has 1 aromatic rings. The molecule has 1 N–H and O–H groups in total. The van der Waals surface area contributed by atoms with Gasteiger partial charge in [-0.25, -0.2) is 0 Å². The van der Waals surface area contributed by atoms with Gasteiger partial charge < -0.3 is 9.84 Å². The van der Waals surface area contributed by atoms with E-state index in [2.05, 4.69) is 49.9 Å². The summed E-state index contributed by atoms with van der Waals surface area (Å²) in [5.74, 6) is 0.790. The van der Waals surface area contributed by atoms with E-state index in [0.29, 0.717) is 24.7 Å². The lowest BCUT2D eigenvalue weighted by atomic mass is 9.70. The number of aliphatic hydroxyl groups excluding tert-OH is 1. The standard InChI is InChI=1S/C22H33NO2/c1-21(2)18-8-10-22(21,3)20(12-18)25-15-19(24)14-23-11-9-16-6-4-5-7-17(16)13-23/h4-7,18-20,24H,8-15H2,1-3H3/t18-,19-,20-,22+/m1/s1. The Morgan fingerprint density at radius 3 is 2.68 bits per heavy atom. The van der Waals surface area contributed by atoms with E-state index in [1.165, 1.54) is 30.4 Å². The van der Waals surface area contributed by atoms with Gasteiger partial charge >= 0.3 is 0 Å². The summed E-state index contributed by atoms with van der Waals surface area (Å²) < 4.78 is 6.27. The summed E-state index contributed by atoms with van der Waals surface area (Å²) in [6.45, 7) is 10.4. The molecular formula is C22H33NO2. The van der Waals surface area contributed by atoms with Gasteiger partial charge in [-0.3, -0.25) is 4.90 Å². The highest BCUT2D eigenvalue weighted by molar-refractivity contribution is 5.29. The van der Waals surface area contributed by atoms with E-state index in [-0.39, 0.29) is 5.41 Å². The van der Waals surface area contributed by atoms with Crippen molar-refractivity contribution >= 4 is 0 Å². The Morgan fingerprint density at radius 2 is 2.00 bits per heavy atom. The van der Waals surface area contributed by atoms with Gasteiger partial charge in [0.05, 0.1) is 18.8 Å². The third-order valence-electron chi connectivity index (χ3n) is 7.88. The topological polar surface area (TPSA) is 32.7 Å². The molecule has 3 aliphatic rings. The first-order valence-corrected chi connectivity index (χ1v) is 9.99. The van der Waals surface area contributed by atoms with Gasteiger partial charge in [0.2, 0.25) is 0 Å². The molecule has 138 valence electrons. The lowest BCUT2D eigenvalue weighted by molar-refractivity contribution is -0.0798. The van der Waals surface area contributed by atoms with Crippen LogP contribution in [0.25, 0.3) is 0 Å². The van der Waals surface area contributed by atoms with Crippen molar-refractivity contribution in [3.63, 3.8) is 0 Å². The van der Waals surface area contributed by atoms with Crippen LogP contribution < -0.4 is 0 Å². The van der Waals surface area contributed by atoms with E-state index >= 15 is 0 Å². The molecule has 4 rings (SSSR count). The predicted octanol–water partition coefficient (Wildman–Crippen LogP) is 3.64. The molecule has 0 aromatic heterocycles. The fourth-order valence-electron chi connectivity index (χ4n) is 5.67. The van der Waals surface area contributed by atoms with Gasteiger partial charge in [-0.2, -0.15) is 0 Å². The maximum absolute atomic E-state index is 10.5. The van der Waals surface area contributed by atoms with Gasteiger partial charge in [0.1, 0.15) is 0 Å². The number of aliphatic hydroxyl groups is 1. The molecule has 2 bridgehead atoms. The second kappa shape index (κ2) is 6.37. The molecule has 0 unspecified atom stereocenters. The molecular weight excluding hydrogens is 310 g/mol. The molecule has 0 saturated heterocycles. The zero-order valence-electron chi connectivity index (χ0n) is 16.0. The number of β-amino-alcohol motifs (C(OH)–C–C–N with tert-alkyl or cyclic N) is 1. The van der Waals surface area contributed by atoms with Crippen molar-refractivity contribution in [2.45, 2.75) is 65.2 Å². The van der Waals surface area contributed by atoms with E-state index in [1.54, 1.807) is 0 Å². The number of hydrogen-bond acceptors (Lipinski definition) is 3. The van der Waals surface area contributed by atoms with Crippen molar-refractivity contribution in [2.24, 2.45) is 16.7 Å². The monoisotopic (exact) mass is 343 g/mol. The van der Waals surface area contributed by atoms with Gasteiger partial charge in [-0.15, -0.1) is 0 Å². The Labute approximate surface area is 152 Å². The molecule has 2 saturated carbocycles. The highest BCUT2D eigenvalue weighted by Crippen LogP contribution is 2.66. The molecule has 25 heavy (non-hydrogen) atoms. The Bertz CT molecular complexity index is 628. The maximum Gasteiger partial charge on any atom is 0.0900 e. The Hall–Kier alpha value is -0.900. The van der Waals surface area contributed by atoms with Gasteiger partial charge in [0.25, 0.3) is 0 Å². The molecule has 3 nitrogen and oxygen atoms in total. The van der Waals surface area contributed by atoms with E-state index in [4.69, 9.17) is 4.74 Å². The van der Waals surface area contributed by atoms with Crippen LogP contribution in [0.3, 0.4) is 0 Å². The SMILES string of the molecule is CC1(C)[C@@H]2CC[C@@]1(C)[C@H](OC[C@H](O)CN1CCc3ccccc3C1)C2. The molecule has 0 radical (unpaired) electrons. The Balaban J connectivity index is 1.29. The van der Waals surface area contributed by atoms with Crippen LogP contribution in [0.15, 0.2) is 24.3 Å². The second-order valence-electron chi connectivity index (χ2n) is 9.34. The largest absolute Gasteiger partial charge is 0.389 e. The van der Waals surface area contributed by atoms with E-state index < -0.39 is 6.10 Å². The molecule has 1 aromatic carbocycles. The summed E-state index contributed by atoms with van der Waals surface area (Å²) in [7, 11) is 0. The number of ether oxygens (including phenoxy) is 1. The average molecular weight is 344 g/mol. The molecule has 2 fully saturated rings. The second-order valence-corrected chi connectivity index (χ2v) is 9.34. The van der Waals surface area contributed by atoms with Gasteiger partial charge in [0.15, 0.2) is 0 Å². The van der Waals surface area contributed by atoms with Crippen LogP contribution in [0, 0.1) is 16.7 Å². The summed E-state index contributed by atoms with van der Waals surface area (Å²) in [5.41, 5.74) is 3.52. The van der Waals surface area contributed by atoms with Crippen LogP contribution in [0.4, 0.5) is 0 Å². The average Bonchev–Trinajstić information content (AvgIpc) is 2.93. The van der Waals surface area contributed by atoms with Crippen molar-refractivity contribution < 1.29 is 9.84 Å². The summed E-state index contributed by atoms with van der Waals surface area (Å²) in [4.78, 5) is 2.36. The minimum absolute atomic E-state index is 0.279. The number of fused-ring (bicyclic) bond motifs is 3. The molecule has 0 spiro atoms. The Morgan fingerprint density at radius 1 is 1.24 bits per heavy atom. The maximum atomic E-state index is 10.5. The van der Waals surface area contributed by atoms with Crippen LogP contribution in [0.5, 0.6) is 0 Å². The summed E-state index contributed by atoms with van der Waals surface area (Å²) in [6, 6.07) is 8.67. The number of rotatable bonds is 5. The summed E-state index contributed by atoms with van der Waals surface area (Å²) in [6.07, 6.45) is 4.80. The number of hydrogen-bond donors (Lipinski definition) is 1. The van der Waals surface area contributed by atoms with Gasteiger partial charge in [-0.1, -0.05) is 45.0 Å². The fraction of sp³-hybridized carbons (Fsp3) is 0.727. The number of benzene rings is 1. The third kappa shape index (κ3) is 2.94. The molecule has 1 heterocycles. The number of nitrogens with zero attached hydrogens (tertiary/aromatic N) is 1.